The number of ether oxygens (including phenoxy) is 1. The lowest BCUT2D eigenvalue weighted by Crippen LogP contribution is -2.30. The van der Waals surface area contributed by atoms with Gasteiger partial charge >= 0.3 is 6.09 Å². The van der Waals surface area contributed by atoms with E-state index in [1.807, 2.05) is 12.1 Å². The third kappa shape index (κ3) is 6.73. The molecule has 0 radical (unpaired) electrons. The van der Waals surface area contributed by atoms with Crippen molar-refractivity contribution in [1.29, 1.82) is 0 Å². The number of anilines is 1. The average Bonchev–Trinajstić information content (AvgIpc) is 3.41. The van der Waals surface area contributed by atoms with Gasteiger partial charge in [0.15, 0.2) is 0 Å². The Bertz CT molecular complexity index is 1450. The number of methoxy groups -OCH3 is 1. The van der Waals surface area contributed by atoms with Crippen LogP contribution < -0.4 is 10.6 Å². The minimum Gasteiger partial charge on any atom is -0.453 e. The van der Waals surface area contributed by atoms with Gasteiger partial charge in [0, 0.05) is 22.7 Å². The predicted molar refractivity (Wildman–Crippen MR) is 146 cm³/mol. The molecule has 1 fully saturated rings. The Balaban J connectivity index is 1.28. The first-order chi connectivity index (χ1) is 18.9. The van der Waals surface area contributed by atoms with E-state index < -0.39 is 6.09 Å². The summed E-state index contributed by atoms with van der Waals surface area (Å²) in [5.74, 6) is 1.02. The van der Waals surface area contributed by atoms with Crippen LogP contribution in [0, 0.1) is 5.92 Å². The molecule has 0 spiro atoms. The van der Waals surface area contributed by atoms with Gasteiger partial charge in [-0.25, -0.2) is 14.5 Å². The van der Waals surface area contributed by atoms with Crippen molar-refractivity contribution in [2.24, 2.45) is 5.92 Å². The molecular weight excluding hydrogens is 543 g/mol. The topological polar surface area (TPSA) is 140 Å². The summed E-state index contributed by atoms with van der Waals surface area (Å²) in [4.78, 5) is 32.4. The second-order valence-corrected chi connectivity index (χ2v) is 10.1. The second kappa shape index (κ2) is 11.8. The van der Waals surface area contributed by atoms with Gasteiger partial charge in [0.2, 0.25) is 5.91 Å². The maximum absolute atomic E-state index is 13.1. The molecule has 0 bridgehead atoms. The third-order valence-electron chi connectivity index (χ3n) is 6.46. The number of carbonyl (C=O) groups is 2. The van der Waals surface area contributed by atoms with E-state index in [9.17, 15) is 9.59 Å². The minimum absolute atomic E-state index is 0.115. The van der Waals surface area contributed by atoms with E-state index in [2.05, 4.69) is 35.9 Å². The van der Waals surface area contributed by atoms with Crippen LogP contribution in [-0.4, -0.2) is 49.3 Å². The molecule has 2 aromatic heterocycles. The van der Waals surface area contributed by atoms with E-state index in [-0.39, 0.29) is 18.4 Å². The van der Waals surface area contributed by atoms with Gasteiger partial charge in [-0.05, 0) is 65.1 Å². The summed E-state index contributed by atoms with van der Waals surface area (Å²) in [6.07, 6.45) is 4.66. The van der Waals surface area contributed by atoms with E-state index in [1.165, 1.54) is 13.4 Å². The number of imidazole rings is 1. The first kappa shape index (κ1) is 26.6. The molecular formula is C26H26Cl2N8O3. The molecule has 11 nitrogen and oxygen atoms in total. The first-order valence-corrected chi connectivity index (χ1v) is 13.2. The molecule has 0 saturated heterocycles. The number of carbonyl (C=O) groups excluding carboxylic acids is 2. The molecule has 1 aliphatic rings. The van der Waals surface area contributed by atoms with Crippen LogP contribution in [-0.2, 0) is 16.0 Å². The Morgan fingerprint density at radius 3 is 2.67 bits per heavy atom. The Kier molecular flexibility index (Phi) is 8.08. The summed E-state index contributed by atoms with van der Waals surface area (Å²) in [6, 6.07) is 12.2. The van der Waals surface area contributed by atoms with E-state index in [4.69, 9.17) is 28.2 Å². The molecule has 3 N–H and O–H groups in total. The average molecular weight is 569 g/mol. The van der Waals surface area contributed by atoms with Crippen LogP contribution in [0.1, 0.15) is 43.1 Å². The molecule has 0 unspecified atom stereocenters. The van der Waals surface area contributed by atoms with Gasteiger partial charge in [-0.3, -0.25) is 10.1 Å². The maximum atomic E-state index is 13.1. The number of H-pyrrole nitrogens is 1. The normalized spacial score (nSPS) is 13.6. The molecule has 2 amide bonds. The van der Waals surface area contributed by atoms with Crippen molar-refractivity contribution < 1.29 is 14.3 Å². The molecule has 2 heterocycles. The number of halogens is 2. The zero-order chi connectivity index (χ0) is 27.4. The van der Waals surface area contributed by atoms with Crippen LogP contribution in [0.4, 0.5) is 10.5 Å². The number of aromatic amines is 1. The Morgan fingerprint density at radius 2 is 1.97 bits per heavy atom. The number of hydrogen-bond acceptors (Lipinski definition) is 7. The summed E-state index contributed by atoms with van der Waals surface area (Å²) < 4.78 is 6.16. The molecule has 39 heavy (non-hydrogen) atoms. The lowest BCUT2D eigenvalue weighted by atomic mass is 10.1. The fraction of sp³-hybridized carbons (Fsp3) is 0.308. The van der Waals surface area contributed by atoms with E-state index in [1.54, 1.807) is 35.0 Å². The number of amides is 2. The predicted octanol–water partition coefficient (Wildman–Crippen LogP) is 5.13. The molecule has 0 aliphatic heterocycles. The fourth-order valence-corrected chi connectivity index (χ4v) is 4.74. The van der Waals surface area contributed by atoms with Gasteiger partial charge in [0.1, 0.15) is 23.0 Å². The zero-order valence-corrected chi connectivity index (χ0v) is 22.5. The van der Waals surface area contributed by atoms with Crippen LogP contribution in [0.5, 0.6) is 0 Å². The molecule has 202 valence electrons. The number of nitrogens with one attached hydrogen (secondary N) is 3. The van der Waals surface area contributed by atoms with Gasteiger partial charge in [-0.1, -0.05) is 48.2 Å². The molecule has 1 aliphatic carbocycles. The van der Waals surface area contributed by atoms with Crippen LogP contribution in [0.3, 0.4) is 0 Å². The Labute approximate surface area is 234 Å². The highest BCUT2D eigenvalue weighted by molar-refractivity contribution is 6.32. The van der Waals surface area contributed by atoms with Crippen molar-refractivity contribution in [3.05, 3.63) is 70.4 Å². The number of benzene rings is 2. The molecule has 5 rings (SSSR count). The molecule has 2 aromatic carbocycles. The van der Waals surface area contributed by atoms with Gasteiger partial charge in [0.25, 0.3) is 0 Å². The summed E-state index contributed by atoms with van der Waals surface area (Å²) in [5.41, 5.74) is 3.54. The zero-order valence-electron chi connectivity index (χ0n) is 21.0. The smallest absolute Gasteiger partial charge is 0.411 e. The SMILES string of the molecule is COC(=O)Nc1ccc(-c2nc([C@H](CC3CC3)NC(=O)CCc3cc(Cl)ccc3-n3cnnn3)[nH]c2Cl)cc1. The van der Waals surface area contributed by atoms with Gasteiger partial charge in [-0.15, -0.1) is 5.10 Å². The number of rotatable bonds is 10. The van der Waals surface area contributed by atoms with Crippen molar-refractivity contribution in [2.75, 3.05) is 12.4 Å². The standard InChI is InChI=1S/C26H26Cl2N8O3/c1-39-26(38)30-19-8-4-16(5-9-19)23-24(28)33-25(32-23)20(12-15-2-3-15)31-22(37)11-6-17-13-18(27)7-10-21(17)36-14-29-34-35-36/h4-5,7-10,13-15,20H,2-3,6,11-12H2,1H3,(H,30,38)(H,31,37)(H,32,33)/t20-/m0/s1. The van der Waals surface area contributed by atoms with Crippen molar-refractivity contribution in [2.45, 2.75) is 38.1 Å². The molecule has 13 heteroatoms. The van der Waals surface area contributed by atoms with E-state index >= 15 is 0 Å². The lowest BCUT2D eigenvalue weighted by Gasteiger charge is -2.17. The fourth-order valence-electron chi connectivity index (χ4n) is 4.30. The summed E-state index contributed by atoms with van der Waals surface area (Å²) in [6.45, 7) is 0. The summed E-state index contributed by atoms with van der Waals surface area (Å²) in [7, 11) is 1.30. The minimum atomic E-state index is -0.552. The Morgan fingerprint density at radius 1 is 1.18 bits per heavy atom. The molecule has 4 aromatic rings. The van der Waals surface area contributed by atoms with Gasteiger partial charge < -0.3 is 15.0 Å². The van der Waals surface area contributed by atoms with E-state index in [0.717, 1.165) is 36.1 Å². The quantitative estimate of drug-likeness (QED) is 0.241. The molecule has 1 saturated carbocycles. The third-order valence-corrected chi connectivity index (χ3v) is 6.97. The van der Waals surface area contributed by atoms with Crippen LogP contribution in [0.25, 0.3) is 16.9 Å². The van der Waals surface area contributed by atoms with Crippen LogP contribution >= 0.6 is 23.2 Å². The van der Waals surface area contributed by atoms with Gasteiger partial charge in [0.05, 0.1) is 18.8 Å². The van der Waals surface area contributed by atoms with Crippen LogP contribution in [0.2, 0.25) is 10.2 Å². The Hall–Kier alpha value is -3.96. The van der Waals surface area contributed by atoms with Crippen molar-refractivity contribution in [1.82, 2.24) is 35.5 Å². The monoisotopic (exact) mass is 568 g/mol. The van der Waals surface area contributed by atoms with Crippen molar-refractivity contribution >= 4 is 40.9 Å². The molecule has 1 atom stereocenters. The van der Waals surface area contributed by atoms with E-state index in [0.29, 0.717) is 39.7 Å². The van der Waals surface area contributed by atoms with Crippen molar-refractivity contribution in [3.63, 3.8) is 0 Å². The summed E-state index contributed by atoms with van der Waals surface area (Å²) >= 11 is 12.7. The first-order valence-electron chi connectivity index (χ1n) is 12.4. The lowest BCUT2D eigenvalue weighted by molar-refractivity contribution is -0.121. The van der Waals surface area contributed by atoms with Gasteiger partial charge in [-0.2, -0.15) is 0 Å². The largest absolute Gasteiger partial charge is 0.453 e. The maximum Gasteiger partial charge on any atom is 0.411 e. The number of nitrogens with zero attached hydrogens (tertiary/aromatic N) is 5. The highest BCUT2D eigenvalue weighted by Crippen LogP contribution is 2.38. The number of hydrogen-bond donors (Lipinski definition) is 3. The van der Waals surface area contributed by atoms with Crippen LogP contribution in [0.15, 0.2) is 48.8 Å². The number of tetrazole rings is 1. The number of aromatic nitrogens is 6. The highest BCUT2D eigenvalue weighted by Gasteiger charge is 2.29. The highest BCUT2D eigenvalue weighted by atomic mass is 35.5. The van der Waals surface area contributed by atoms with Crippen molar-refractivity contribution in [3.8, 4) is 16.9 Å². The summed E-state index contributed by atoms with van der Waals surface area (Å²) in [5, 5.41) is 18.0. The number of aryl methyl sites for hydroxylation is 1. The second-order valence-electron chi connectivity index (χ2n) is 9.31.